The number of rotatable bonds is 2. The van der Waals surface area contributed by atoms with E-state index in [0.29, 0.717) is 18.4 Å². The van der Waals surface area contributed by atoms with E-state index in [1.54, 1.807) is 4.90 Å². The Morgan fingerprint density at radius 3 is 2.19 bits per heavy atom. The molecule has 0 aromatic carbocycles. The van der Waals surface area contributed by atoms with Gasteiger partial charge in [-0.15, -0.1) is 12.4 Å². The summed E-state index contributed by atoms with van der Waals surface area (Å²) in [4.78, 5) is 25.9. The lowest BCUT2D eigenvalue weighted by Crippen LogP contribution is -2.52. The second-order valence-electron chi connectivity index (χ2n) is 6.79. The molecule has 1 heterocycles. The summed E-state index contributed by atoms with van der Waals surface area (Å²) >= 11 is 0. The fourth-order valence-electron chi connectivity index (χ4n) is 4.55. The van der Waals surface area contributed by atoms with Crippen LogP contribution in [-0.4, -0.2) is 35.3 Å². The molecule has 21 heavy (non-hydrogen) atoms. The molecule has 1 aliphatic heterocycles. The van der Waals surface area contributed by atoms with E-state index in [9.17, 15) is 9.59 Å². The van der Waals surface area contributed by atoms with Crippen LogP contribution in [0, 0.1) is 17.8 Å². The van der Waals surface area contributed by atoms with E-state index in [-0.39, 0.29) is 42.2 Å². The fourth-order valence-corrected chi connectivity index (χ4v) is 4.55. The Balaban J connectivity index is 0.00000161. The molecule has 2 amide bonds. The quantitative estimate of drug-likeness (QED) is 0.797. The number of likely N-dealkylation sites (tertiary alicyclic amines) is 1. The maximum Gasteiger partial charge on any atom is 0.240 e. The van der Waals surface area contributed by atoms with E-state index < -0.39 is 0 Å². The van der Waals surface area contributed by atoms with E-state index >= 15 is 0 Å². The number of hydrogen-bond donors (Lipinski definition) is 2. The van der Waals surface area contributed by atoms with Gasteiger partial charge in [0.2, 0.25) is 11.8 Å². The molecule has 2 bridgehead atoms. The average molecular weight is 316 g/mol. The number of nitrogens with zero attached hydrogens (tertiary/aromatic N) is 1. The number of carbonyl (C=O) groups is 2. The average Bonchev–Trinajstić information content (AvgIpc) is 2.86. The Morgan fingerprint density at radius 1 is 1.00 bits per heavy atom. The van der Waals surface area contributed by atoms with Crippen molar-refractivity contribution in [2.45, 2.75) is 57.0 Å². The Morgan fingerprint density at radius 2 is 1.62 bits per heavy atom. The molecule has 6 heteroatoms. The third kappa shape index (κ3) is 3.04. The van der Waals surface area contributed by atoms with Gasteiger partial charge in [-0.25, -0.2) is 0 Å². The minimum absolute atomic E-state index is 0. The van der Waals surface area contributed by atoms with Crippen LogP contribution in [0.2, 0.25) is 0 Å². The zero-order valence-corrected chi connectivity index (χ0v) is 13.2. The van der Waals surface area contributed by atoms with Crippen LogP contribution in [0.1, 0.15) is 44.9 Å². The molecule has 0 aromatic rings. The first-order valence-electron chi connectivity index (χ1n) is 7.93. The molecule has 120 valence electrons. The summed E-state index contributed by atoms with van der Waals surface area (Å²) in [5.74, 6) is 0.834. The predicted molar refractivity (Wildman–Crippen MR) is 82.7 cm³/mol. The van der Waals surface area contributed by atoms with E-state index in [4.69, 9.17) is 11.5 Å². The van der Waals surface area contributed by atoms with E-state index in [0.717, 1.165) is 38.5 Å². The maximum absolute atomic E-state index is 12.7. The molecule has 0 radical (unpaired) electrons. The maximum atomic E-state index is 12.7. The number of carbonyl (C=O) groups excluding carboxylic acids is 2. The molecule has 3 rings (SSSR count). The summed E-state index contributed by atoms with van der Waals surface area (Å²) in [5.41, 5.74) is 11.7. The first-order valence-corrected chi connectivity index (χ1v) is 7.93. The Labute approximate surface area is 132 Å². The van der Waals surface area contributed by atoms with Crippen LogP contribution in [-0.2, 0) is 9.59 Å². The second kappa shape index (κ2) is 6.53. The van der Waals surface area contributed by atoms with Gasteiger partial charge < -0.3 is 16.4 Å². The van der Waals surface area contributed by atoms with E-state index in [2.05, 4.69) is 0 Å². The SMILES string of the molecule is Cl.NC(=O)C1CCCN1C(=O)C1CC2CCCC(C1)C2N. The van der Waals surface area contributed by atoms with Crippen LogP contribution >= 0.6 is 12.4 Å². The standard InChI is InChI=1S/C15H25N3O2.ClH/c16-13-9-3-1-4-10(13)8-11(7-9)15(20)18-6-2-5-12(18)14(17)19;/h9-13H,1-8,16H2,(H2,17,19);1H. The highest BCUT2D eigenvalue weighted by Crippen LogP contribution is 2.42. The Kier molecular flexibility index (Phi) is 5.15. The summed E-state index contributed by atoms with van der Waals surface area (Å²) in [7, 11) is 0. The number of primary amides is 1. The van der Waals surface area contributed by atoms with Crippen molar-refractivity contribution in [2.24, 2.45) is 29.2 Å². The van der Waals surface area contributed by atoms with Gasteiger partial charge in [-0.05, 0) is 50.4 Å². The minimum atomic E-state index is -0.377. The lowest BCUT2D eigenvalue weighted by atomic mass is 9.65. The molecule has 4 N–H and O–H groups in total. The van der Waals surface area contributed by atoms with Crippen molar-refractivity contribution < 1.29 is 9.59 Å². The molecule has 0 spiro atoms. The van der Waals surface area contributed by atoms with Crippen molar-refractivity contribution in [3.8, 4) is 0 Å². The van der Waals surface area contributed by atoms with Gasteiger partial charge in [-0.1, -0.05) is 6.42 Å². The third-order valence-electron chi connectivity index (χ3n) is 5.63. The highest BCUT2D eigenvalue weighted by molar-refractivity contribution is 5.88. The number of halogens is 1. The van der Waals surface area contributed by atoms with Crippen LogP contribution in [0.5, 0.6) is 0 Å². The predicted octanol–water partition coefficient (Wildman–Crippen LogP) is 1.04. The van der Waals surface area contributed by atoms with Crippen LogP contribution in [0.3, 0.4) is 0 Å². The lowest BCUT2D eigenvalue weighted by molar-refractivity contribution is -0.143. The number of fused-ring (bicyclic) bond motifs is 2. The third-order valence-corrected chi connectivity index (χ3v) is 5.63. The number of nitrogens with two attached hydrogens (primary N) is 2. The zero-order valence-electron chi connectivity index (χ0n) is 12.4. The van der Waals surface area contributed by atoms with Gasteiger partial charge >= 0.3 is 0 Å². The highest BCUT2D eigenvalue weighted by atomic mass is 35.5. The topological polar surface area (TPSA) is 89.4 Å². The smallest absolute Gasteiger partial charge is 0.240 e. The summed E-state index contributed by atoms with van der Waals surface area (Å²) in [6.07, 6.45) is 6.97. The molecule has 2 aliphatic carbocycles. The molecular weight excluding hydrogens is 290 g/mol. The van der Waals surface area contributed by atoms with Gasteiger partial charge in [0.05, 0.1) is 0 Å². The molecule has 3 unspecified atom stereocenters. The van der Waals surface area contributed by atoms with Gasteiger partial charge in [0, 0.05) is 18.5 Å². The van der Waals surface area contributed by atoms with Crippen LogP contribution < -0.4 is 11.5 Å². The molecule has 1 saturated heterocycles. The van der Waals surface area contributed by atoms with Gasteiger partial charge in [0.1, 0.15) is 6.04 Å². The molecule has 3 fully saturated rings. The van der Waals surface area contributed by atoms with Crippen LogP contribution in [0.25, 0.3) is 0 Å². The van der Waals surface area contributed by atoms with Gasteiger partial charge in [0.15, 0.2) is 0 Å². The molecule has 3 aliphatic rings. The zero-order chi connectivity index (χ0) is 14.3. The summed E-state index contributed by atoms with van der Waals surface area (Å²) in [5, 5.41) is 0. The molecule has 2 saturated carbocycles. The second-order valence-corrected chi connectivity index (χ2v) is 6.79. The Bertz CT molecular complexity index is 404. The molecule has 3 atom stereocenters. The fraction of sp³-hybridized carbons (Fsp3) is 0.867. The van der Waals surface area contributed by atoms with Gasteiger partial charge in [0.25, 0.3) is 0 Å². The van der Waals surface area contributed by atoms with Crippen molar-refractivity contribution in [2.75, 3.05) is 6.54 Å². The first-order chi connectivity index (χ1) is 9.58. The van der Waals surface area contributed by atoms with Gasteiger partial charge in [-0.2, -0.15) is 0 Å². The normalized spacial score (nSPS) is 38.7. The monoisotopic (exact) mass is 315 g/mol. The lowest BCUT2D eigenvalue weighted by Gasteiger charge is -2.44. The molecule has 0 aromatic heterocycles. The summed E-state index contributed by atoms with van der Waals surface area (Å²) in [6, 6.07) is -0.101. The highest BCUT2D eigenvalue weighted by Gasteiger charge is 2.43. The van der Waals surface area contributed by atoms with E-state index in [1.165, 1.54) is 6.42 Å². The van der Waals surface area contributed by atoms with Crippen LogP contribution in [0.4, 0.5) is 0 Å². The van der Waals surface area contributed by atoms with Crippen molar-refractivity contribution in [1.29, 1.82) is 0 Å². The van der Waals surface area contributed by atoms with Crippen molar-refractivity contribution in [3.05, 3.63) is 0 Å². The van der Waals surface area contributed by atoms with Crippen molar-refractivity contribution in [1.82, 2.24) is 4.90 Å². The molecular formula is C15H26ClN3O2. The number of hydrogen-bond acceptors (Lipinski definition) is 3. The largest absolute Gasteiger partial charge is 0.368 e. The van der Waals surface area contributed by atoms with Crippen molar-refractivity contribution in [3.63, 3.8) is 0 Å². The van der Waals surface area contributed by atoms with E-state index in [1.807, 2.05) is 0 Å². The Hall–Kier alpha value is -0.810. The van der Waals surface area contributed by atoms with Crippen molar-refractivity contribution >= 4 is 24.2 Å². The summed E-state index contributed by atoms with van der Waals surface area (Å²) < 4.78 is 0. The summed E-state index contributed by atoms with van der Waals surface area (Å²) in [6.45, 7) is 0.685. The number of amides is 2. The first kappa shape index (κ1) is 16.6. The molecule has 5 nitrogen and oxygen atoms in total. The van der Waals surface area contributed by atoms with Crippen LogP contribution in [0.15, 0.2) is 0 Å². The minimum Gasteiger partial charge on any atom is -0.368 e. The van der Waals surface area contributed by atoms with Gasteiger partial charge in [-0.3, -0.25) is 9.59 Å².